The fourth-order valence-electron chi connectivity index (χ4n) is 14.1. The summed E-state index contributed by atoms with van der Waals surface area (Å²) >= 11 is 0. The van der Waals surface area contributed by atoms with Gasteiger partial charge in [-0.3, -0.25) is 9.59 Å². The Morgan fingerprint density at radius 3 is 2.29 bits per heavy atom. The monoisotopic (exact) mass is 681 g/mol. The molecule has 1 aliphatic heterocycles. The number of hydrogen-bond acceptors (Lipinski definition) is 6. The first-order valence-corrected chi connectivity index (χ1v) is 20.4. The van der Waals surface area contributed by atoms with E-state index in [0.717, 1.165) is 31.2 Å². The van der Waals surface area contributed by atoms with E-state index in [9.17, 15) is 9.59 Å². The molecule has 1 N–H and O–H groups in total. The second kappa shape index (κ2) is 13.2. The van der Waals surface area contributed by atoms with Crippen molar-refractivity contribution < 1.29 is 19.1 Å². The van der Waals surface area contributed by atoms with Crippen molar-refractivity contribution in [1.82, 2.24) is 10.2 Å². The highest BCUT2D eigenvalue weighted by atomic mass is 16.6. The van der Waals surface area contributed by atoms with Gasteiger partial charge in [-0.2, -0.15) is 0 Å². The minimum Gasteiger partial charge on any atom is -0.462 e. The molecule has 0 radical (unpaired) electrons. The van der Waals surface area contributed by atoms with Gasteiger partial charge >= 0.3 is 5.97 Å². The number of fused-ring (bicyclic) bond motifs is 7. The van der Waals surface area contributed by atoms with Crippen molar-refractivity contribution in [1.29, 1.82) is 0 Å². The Morgan fingerprint density at radius 2 is 1.61 bits per heavy atom. The number of rotatable bonds is 10. The summed E-state index contributed by atoms with van der Waals surface area (Å²) < 4.78 is 11.4. The van der Waals surface area contributed by atoms with Gasteiger partial charge in [-0.1, -0.05) is 53.7 Å². The fraction of sp³-hybridized carbons (Fsp3) is 0.907. The van der Waals surface area contributed by atoms with Crippen LogP contribution in [0, 0.1) is 57.2 Å². The highest BCUT2D eigenvalue weighted by Crippen LogP contribution is 2.76. The predicted octanol–water partition coefficient (Wildman–Crippen LogP) is 8.97. The molecule has 6 fully saturated rings. The molecule has 0 bridgehead atoms. The normalized spacial score (nSPS) is 43.8. The van der Waals surface area contributed by atoms with Crippen molar-refractivity contribution >= 4 is 12.4 Å². The van der Waals surface area contributed by atoms with Crippen molar-refractivity contribution in [3.8, 4) is 0 Å². The van der Waals surface area contributed by atoms with Crippen LogP contribution in [0.15, 0.2) is 12.2 Å². The Bertz CT molecular complexity index is 1250. The van der Waals surface area contributed by atoms with E-state index in [1.165, 1.54) is 89.4 Å². The summed E-state index contributed by atoms with van der Waals surface area (Å²) in [4.78, 5) is 26.8. The van der Waals surface area contributed by atoms with Crippen LogP contribution in [0.1, 0.15) is 146 Å². The molecule has 0 aromatic rings. The average molecular weight is 681 g/mol. The lowest BCUT2D eigenvalue weighted by atomic mass is 9.32. The predicted molar refractivity (Wildman–Crippen MR) is 198 cm³/mol. The Labute approximate surface area is 299 Å². The molecule has 278 valence electrons. The molecule has 1 saturated heterocycles. The zero-order valence-electron chi connectivity index (χ0n) is 32.9. The molecule has 5 saturated carbocycles. The van der Waals surface area contributed by atoms with E-state index in [2.05, 4.69) is 65.3 Å². The van der Waals surface area contributed by atoms with E-state index in [1.807, 2.05) is 0 Å². The van der Waals surface area contributed by atoms with E-state index in [0.29, 0.717) is 41.0 Å². The summed E-state index contributed by atoms with van der Waals surface area (Å²) in [7, 11) is 0. The van der Waals surface area contributed by atoms with E-state index >= 15 is 0 Å². The van der Waals surface area contributed by atoms with E-state index in [1.54, 1.807) is 13.8 Å². The number of carbonyl (C=O) groups is 2. The third-order valence-corrected chi connectivity index (χ3v) is 17.0. The molecule has 49 heavy (non-hydrogen) atoms. The number of ether oxygens (including phenoxy) is 2. The van der Waals surface area contributed by atoms with Gasteiger partial charge in [0.1, 0.15) is 11.7 Å². The summed E-state index contributed by atoms with van der Waals surface area (Å²) in [6, 6.07) is 0. The van der Waals surface area contributed by atoms with Gasteiger partial charge in [-0.15, -0.1) is 0 Å². The summed E-state index contributed by atoms with van der Waals surface area (Å²) in [5.41, 5.74) is 1.57. The SMILES string of the molecule is C=C(C)[C@@H]1CC[C@]2(NCCN3CCC(C)CC3)CC[C@]3(C)[C@H](CC[C@@H]4[C@@]5(C)CC[C@H](OC(=O)CC(C)(C)OC=O)C(C)(C)[C@@H]5CC[C@]43C)[C@@H]12. The number of likely N-dealkylation sites (tertiary alicyclic amines) is 1. The number of nitrogens with zero attached hydrogens (tertiary/aromatic N) is 1. The lowest BCUT2D eigenvalue weighted by Gasteiger charge is -2.73. The summed E-state index contributed by atoms with van der Waals surface area (Å²) in [6.45, 7) is 31.0. The van der Waals surface area contributed by atoms with Crippen molar-refractivity contribution in [2.24, 2.45) is 57.2 Å². The Kier molecular flexibility index (Phi) is 10.1. The van der Waals surface area contributed by atoms with Crippen molar-refractivity contribution in [3.05, 3.63) is 12.2 Å². The van der Waals surface area contributed by atoms with Crippen LogP contribution in [-0.4, -0.2) is 60.8 Å². The Hall–Kier alpha value is -1.40. The lowest BCUT2D eigenvalue weighted by molar-refractivity contribution is -0.246. The first kappa shape index (κ1) is 37.4. The standard InChI is InChI=1S/C43H72N2O4/c1-29(2)31-13-20-43(44-23-26-45-24-16-30(3)17-25-45)22-21-41(9)32(37(31)43)11-12-34-40(8)18-15-35(49-36(47)27-38(4,5)48-28-46)39(6,7)33(40)14-19-42(34,41)10/h28,30-35,37,44H,1,11-27H2,2-10H3/t31-,32+,33-,34+,35-,37+,40-,41+,42+,43-/m0/s1. The zero-order chi connectivity index (χ0) is 35.6. The molecule has 0 amide bonds. The fourth-order valence-corrected chi connectivity index (χ4v) is 14.1. The first-order chi connectivity index (χ1) is 22.9. The van der Waals surface area contributed by atoms with Gasteiger partial charge in [0.15, 0.2) is 0 Å². The average Bonchev–Trinajstić information content (AvgIpc) is 3.40. The second-order valence-electron chi connectivity index (χ2n) is 20.3. The highest BCUT2D eigenvalue weighted by Gasteiger charge is 2.71. The van der Waals surface area contributed by atoms with Gasteiger partial charge in [0.25, 0.3) is 6.47 Å². The number of nitrogens with one attached hydrogen (secondary N) is 1. The Balaban J connectivity index is 1.20. The summed E-state index contributed by atoms with van der Waals surface area (Å²) in [6.07, 6.45) is 15.1. The minimum atomic E-state index is -0.853. The number of hydrogen-bond donors (Lipinski definition) is 1. The van der Waals surface area contributed by atoms with Gasteiger partial charge in [-0.05, 0) is 163 Å². The van der Waals surface area contributed by atoms with Crippen LogP contribution < -0.4 is 5.32 Å². The molecule has 5 aliphatic carbocycles. The molecule has 6 heteroatoms. The molecule has 0 aromatic heterocycles. The van der Waals surface area contributed by atoms with Gasteiger partial charge in [0.2, 0.25) is 0 Å². The molecule has 6 nitrogen and oxygen atoms in total. The molecular formula is C43H72N2O4. The van der Waals surface area contributed by atoms with E-state index < -0.39 is 5.60 Å². The molecule has 1 heterocycles. The number of esters is 1. The van der Waals surface area contributed by atoms with Crippen LogP contribution >= 0.6 is 0 Å². The van der Waals surface area contributed by atoms with Gasteiger partial charge < -0.3 is 19.7 Å². The summed E-state index contributed by atoms with van der Waals surface area (Å²) in [5, 5.41) is 4.33. The maximum absolute atomic E-state index is 13.1. The Morgan fingerprint density at radius 1 is 0.898 bits per heavy atom. The molecule has 0 spiro atoms. The number of carbonyl (C=O) groups excluding carboxylic acids is 2. The molecule has 10 atom stereocenters. The minimum absolute atomic E-state index is 0.0842. The molecule has 6 rings (SSSR count). The maximum atomic E-state index is 13.1. The summed E-state index contributed by atoms with van der Waals surface area (Å²) in [5.74, 6) is 3.88. The quantitative estimate of drug-likeness (QED) is 0.141. The van der Waals surface area contributed by atoms with Crippen LogP contribution in [0.4, 0.5) is 0 Å². The molecule has 6 aliphatic rings. The van der Waals surface area contributed by atoms with Crippen molar-refractivity contribution in [2.45, 2.75) is 163 Å². The topological polar surface area (TPSA) is 67.9 Å². The van der Waals surface area contributed by atoms with Crippen molar-refractivity contribution in [3.63, 3.8) is 0 Å². The van der Waals surface area contributed by atoms with Gasteiger partial charge in [-0.25, -0.2) is 0 Å². The molecular weight excluding hydrogens is 608 g/mol. The maximum Gasteiger partial charge on any atom is 0.310 e. The smallest absolute Gasteiger partial charge is 0.310 e. The van der Waals surface area contributed by atoms with Crippen LogP contribution in [0.5, 0.6) is 0 Å². The van der Waals surface area contributed by atoms with E-state index in [4.69, 9.17) is 9.47 Å². The first-order valence-electron chi connectivity index (χ1n) is 20.4. The molecule has 0 unspecified atom stereocenters. The third kappa shape index (κ3) is 6.27. The van der Waals surface area contributed by atoms with Crippen LogP contribution in [-0.2, 0) is 19.1 Å². The van der Waals surface area contributed by atoms with Gasteiger partial charge in [0, 0.05) is 24.0 Å². The third-order valence-electron chi connectivity index (χ3n) is 17.0. The van der Waals surface area contributed by atoms with Crippen LogP contribution in [0.2, 0.25) is 0 Å². The van der Waals surface area contributed by atoms with Crippen molar-refractivity contribution in [2.75, 3.05) is 26.2 Å². The second-order valence-corrected chi connectivity index (χ2v) is 20.3. The number of allylic oxidation sites excluding steroid dienone is 1. The number of piperidine rings is 1. The van der Waals surface area contributed by atoms with Crippen LogP contribution in [0.3, 0.4) is 0 Å². The zero-order valence-corrected chi connectivity index (χ0v) is 32.9. The molecule has 0 aromatic carbocycles. The van der Waals surface area contributed by atoms with E-state index in [-0.39, 0.29) is 34.9 Å². The lowest BCUT2D eigenvalue weighted by Crippen LogP contribution is -2.69. The largest absolute Gasteiger partial charge is 0.462 e. The van der Waals surface area contributed by atoms with Crippen LogP contribution in [0.25, 0.3) is 0 Å². The highest BCUT2D eigenvalue weighted by molar-refractivity contribution is 5.71. The van der Waals surface area contributed by atoms with Gasteiger partial charge in [0.05, 0.1) is 6.42 Å².